The van der Waals surface area contributed by atoms with Gasteiger partial charge in [0.25, 0.3) is 0 Å². The Bertz CT molecular complexity index is 695. The Morgan fingerprint density at radius 3 is 2.61 bits per heavy atom. The second-order valence-corrected chi connectivity index (χ2v) is 4.07. The number of nitrogens with two attached hydrogens (primary N) is 1. The maximum Gasteiger partial charge on any atom is 0.232 e. The van der Waals surface area contributed by atoms with Crippen LogP contribution in [0.2, 0.25) is 0 Å². The van der Waals surface area contributed by atoms with Crippen LogP contribution in [0, 0.1) is 5.82 Å². The molecule has 2 aromatic heterocycles. The van der Waals surface area contributed by atoms with Crippen molar-refractivity contribution < 1.29 is 4.39 Å². The third-order valence-corrected chi connectivity index (χ3v) is 2.85. The molecular formula is C12H12FN5. The van der Waals surface area contributed by atoms with Gasteiger partial charge in [0.15, 0.2) is 5.82 Å². The van der Waals surface area contributed by atoms with E-state index in [1.54, 1.807) is 22.8 Å². The summed E-state index contributed by atoms with van der Waals surface area (Å²) in [5, 5.41) is 4.42. The zero-order chi connectivity index (χ0) is 12.7. The third-order valence-electron chi connectivity index (χ3n) is 2.85. The van der Waals surface area contributed by atoms with Crippen LogP contribution < -0.4 is 5.73 Å². The van der Waals surface area contributed by atoms with Gasteiger partial charge in [0.2, 0.25) is 5.78 Å². The van der Waals surface area contributed by atoms with Gasteiger partial charge < -0.3 is 5.73 Å². The molecular weight excluding hydrogens is 233 g/mol. The lowest BCUT2D eigenvalue weighted by molar-refractivity contribution is 0.628. The van der Waals surface area contributed by atoms with Gasteiger partial charge in [0.05, 0.1) is 11.9 Å². The molecule has 0 amide bonds. The normalized spacial score (nSPS) is 11.3. The Morgan fingerprint density at radius 1 is 1.28 bits per heavy atom. The van der Waals surface area contributed by atoms with Gasteiger partial charge in [-0.2, -0.15) is 0 Å². The predicted molar refractivity (Wildman–Crippen MR) is 65.2 cm³/mol. The summed E-state index contributed by atoms with van der Waals surface area (Å²) in [5.74, 6) is 1.19. The number of aryl methyl sites for hydroxylation is 1. The molecule has 0 spiro atoms. The van der Waals surface area contributed by atoms with Crippen LogP contribution in [0.25, 0.3) is 17.2 Å². The van der Waals surface area contributed by atoms with E-state index in [2.05, 4.69) is 10.1 Å². The lowest BCUT2D eigenvalue weighted by Gasteiger charge is -2.00. The van der Waals surface area contributed by atoms with Crippen molar-refractivity contribution in [1.82, 2.24) is 19.2 Å². The van der Waals surface area contributed by atoms with Crippen LogP contribution in [0.4, 0.5) is 4.39 Å². The van der Waals surface area contributed by atoms with Crippen LogP contribution in [0.15, 0.2) is 30.5 Å². The van der Waals surface area contributed by atoms with Gasteiger partial charge in [-0.25, -0.2) is 13.9 Å². The number of rotatable bonds is 2. The molecule has 0 fully saturated rings. The van der Waals surface area contributed by atoms with E-state index >= 15 is 0 Å². The van der Waals surface area contributed by atoms with E-state index in [0.29, 0.717) is 6.54 Å². The molecule has 18 heavy (non-hydrogen) atoms. The molecule has 0 bridgehead atoms. The van der Waals surface area contributed by atoms with Crippen LogP contribution in [0.3, 0.4) is 0 Å². The molecule has 0 saturated heterocycles. The molecule has 0 aliphatic carbocycles. The van der Waals surface area contributed by atoms with E-state index in [4.69, 9.17) is 5.73 Å². The van der Waals surface area contributed by atoms with E-state index in [1.807, 2.05) is 11.6 Å². The average molecular weight is 245 g/mol. The Labute approximate surface area is 103 Å². The summed E-state index contributed by atoms with van der Waals surface area (Å²) in [6.07, 6.45) is 1.79. The van der Waals surface area contributed by atoms with Crippen molar-refractivity contribution >= 4 is 5.78 Å². The molecule has 0 aliphatic heterocycles. The largest absolute Gasteiger partial charge is 0.325 e. The summed E-state index contributed by atoms with van der Waals surface area (Å²) in [4.78, 5) is 4.36. The number of nitrogens with zero attached hydrogens (tertiary/aromatic N) is 4. The SMILES string of the molecule is Cn1c(-c2ccc(F)cc2)nn2cc(CN)nc12. The summed E-state index contributed by atoms with van der Waals surface area (Å²) in [5.41, 5.74) is 7.17. The number of hydrogen-bond acceptors (Lipinski definition) is 3. The van der Waals surface area contributed by atoms with Crippen molar-refractivity contribution in [3.8, 4) is 11.4 Å². The zero-order valence-corrected chi connectivity index (χ0v) is 9.84. The molecule has 0 radical (unpaired) electrons. The van der Waals surface area contributed by atoms with Gasteiger partial charge in [-0.15, -0.1) is 5.10 Å². The zero-order valence-electron chi connectivity index (χ0n) is 9.84. The van der Waals surface area contributed by atoms with Crippen LogP contribution in [-0.2, 0) is 13.6 Å². The molecule has 0 unspecified atom stereocenters. The van der Waals surface area contributed by atoms with Gasteiger partial charge in [-0.1, -0.05) is 0 Å². The maximum absolute atomic E-state index is 12.9. The van der Waals surface area contributed by atoms with Gasteiger partial charge >= 0.3 is 0 Å². The van der Waals surface area contributed by atoms with Crippen LogP contribution >= 0.6 is 0 Å². The fourth-order valence-electron chi connectivity index (χ4n) is 1.92. The van der Waals surface area contributed by atoms with Gasteiger partial charge in [-0.3, -0.25) is 4.57 Å². The Morgan fingerprint density at radius 2 is 2.00 bits per heavy atom. The van der Waals surface area contributed by atoms with Crippen molar-refractivity contribution in [2.24, 2.45) is 12.8 Å². The molecule has 92 valence electrons. The molecule has 6 heteroatoms. The maximum atomic E-state index is 12.9. The van der Waals surface area contributed by atoms with Crippen molar-refractivity contribution in [3.05, 3.63) is 42.0 Å². The highest BCUT2D eigenvalue weighted by Crippen LogP contribution is 2.19. The Kier molecular flexibility index (Phi) is 2.38. The van der Waals surface area contributed by atoms with Gasteiger partial charge in [0.1, 0.15) is 5.82 Å². The van der Waals surface area contributed by atoms with Crippen molar-refractivity contribution in [2.75, 3.05) is 0 Å². The highest BCUT2D eigenvalue weighted by Gasteiger charge is 2.12. The van der Waals surface area contributed by atoms with Crippen LogP contribution in [0.5, 0.6) is 0 Å². The minimum absolute atomic E-state index is 0.261. The summed E-state index contributed by atoms with van der Waals surface area (Å²) >= 11 is 0. The summed E-state index contributed by atoms with van der Waals surface area (Å²) < 4.78 is 16.4. The minimum atomic E-state index is -0.261. The monoisotopic (exact) mass is 245 g/mol. The smallest absolute Gasteiger partial charge is 0.232 e. The highest BCUT2D eigenvalue weighted by atomic mass is 19.1. The summed E-state index contributed by atoms with van der Waals surface area (Å²) in [7, 11) is 1.87. The molecule has 0 saturated carbocycles. The lowest BCUT2D eigenvalue weighted by atomic mass is 10.2. The van der Waals surface area contributed by atoms with Crippen LogP contribution in [-0.4, -0.2) is 19.2 Å². The molecule has 3 aromatic rings. The molecule has 0 aliphatic rings. The van der Waals surface area contributed by atoms with Crippen molar-refractivity contribution in [1.29, 1.82) is 0 Å². The number of aromatic nitrogens is 4. The number of hydrogen-bond donors (Lipinski definition) is 1. The summed E-state index contributed by atoms with van der Waals surface area (Å²) in [6.45, 7) is 0.384. The first-order valence-corrected chi connectivity index (χ1v) is 5.56. The fourth-order valence-corrected chi connectivity index (χ4v) is 1.92. The lowest BCUT2D eigenvalue weighted by Crippen LogP contribution is -1.98. The molecule has 3 rings (SSSR count). The first-order valence-electron chi connectivity index (χ1n) is 5.56. The third kappa shape index (κ3) is 1.58. The number of fused-ring (bicyclic) bond motifs is 1. The van der Waals surface area contributed by atoms with E-state index in [1.165, 1.54) is 12.1 Å². The van der Waals surface area contributed by atoms with Gasteiger partial charge in [0, 0.05) is 19.2 Å². The van der Waals surface area contributed by atoms with Crippen molar-refractivity contribution in [2.45, 2.75) is 6.54 Å². The van der Waals surface area contributed by atoms with Gasteiger partial charge in [-0.05, 0) is 24.3 Å². The molecule has 2 N–H and O–H groups in total. The molecule has 0 atom stereocenters. The predicted octanol–water partition coefficient (Wildman–Crippen LogP) is 1.33. The quantitative estimate of drug-likeness (QED) is 0.741. The average Bonchev–Trinajstić information content (AvgIpc) is 2.90. The molecule has 2 heterocycles. The Balaban J connectivity index is 2.15. The second kappa shape index (κ2) is 3.92. The number of imidazole rings is 1. The van der Waals surface area contributed by atoms with Crippen LogP contribution in [0.1, 0.15) is 5.69 Å². The minimum Gasteiger partial charge on any atom is -0.325 e. The van der Waals surface area contributed by atoms with E-state index < -0.39 is 0 Å². The molecule has 5 nitrogen and oxygen atoms in total. The molecule has 1 aromatic carbocycles. The number of benzene rings is 1. The standard InChI is InChI=1S/C12H12FN5/c1-17-11(8-2-4-9(13)5-3-8)16-18-7-10(6-14)15-12(17)18/h2-5,7H,6,14H2,1H3. The fraction of sp³-hybridized carbons (Fsp3) is 0.167. The first-order chi connectivity index (χ1) is 8.69. The van der Waals surface area contributed by atoms with E-state index in [-0.39, 0.29) is 5.82 Å². The highest BCUT2D eigenvalue weighted by molar-refractivity contribution is 5.58. The second-order valence-electron chi connectivity index (χ2n) is 4.07. The van der Waals surface area contributed by atoms with E-state index in [0.717, 1.165) is 22.9 Å². The summed E-state index contributed by atoms with van der Waals surface area (Å²) in [6, 6.07) is 6.22. The first kappa shape index (κ1) is 10.9. The topological polar surface area (TPSA) is 61.1 Å². The number of halogens is 1. The Hall–Kier alpha value is -2.21. The van der Waals surface area contributed by atoms with E-state index in [9.17, 15) is 4.39 Å². The van der Waals surface area contributed by atoms with Crippen molar-refractivity contribution in [3.63, 3.8) is 0 Å².